The van der Waals surface area contributed by atoms with Crippen molar-refractivity contribution in [3.63, 3.8) is 0 Å². The highest BCUT2D eigenvalue weighted by atomic mass is 16.7. The minimum atomic E-state index is -2.07. The molecule has 6 N–H and O–H groups in total. The summed E-state index contributed by atoms with van der Waals surface area (Å²) in [4.78, 5) is 40.5. The molecule has 4 aliphatic heterocycles. The summed E-state index contributed by atoms with van der Waals surface area (Å²) in [5.41, 5.74) is -0.581. The number of carbonyl (C=O) groups excluding carboxylic acids is 3. The molecule has 1 saturated heterocycles. The zero-order valence-corrected chi connectivity index (χ0v) is 35.8. The number of hydrazone groups is 1. The highest BCUT2D eigenvalue weighted by Crippen LogP contribution is 2.55. The molecule has 2 aromatic rings. The summed E-state index contributed by atoms with van der Waals surface area (Å²) in [7, 11) is 2.98. The van der Waals surface area contributed by atoms with Crippen LogP contribution in [0.15, 0.2) is 41.2 Å². The monoisotopic (exact) mass is 838 g/mol. The summed E-state index contributed by atoms with van der Waals surface area (Å²) in [6, 6.07) is 0. The van der Waals surface area contributed by atoms with Crippen LogP contribution in [0.4, 0.5) is 5.69 Å². The Labute approximate surface area is 349 Å². The van der Waals surface area contributed by atoms with Gasteiger partial charge in [-0.05, 0) is 19.9 Å². The number of likely N-dealkylation sites (N-methyl/N-ethyl adjacent to an activating group) is 1. The number of carbonyl (C=O) groups is 3. The molecule has 6 rings (SSSR count). The number of hydrogen-bond donors (Lipinski definition) is 6. The predicted molar refractivity (Wildman–Crippen MR) is 222 cm³/mol. The summed E-state index contributed by atoms with van der Waals surface area (Å²) in [5, 5.41) is 78.9. The number of anilines is 1. The first-order valence-electron chi connectivity index (χ1n) is 20.0. The number of aliphatic hydroxyl groups is 2. The number of hydrogen-bond acceptors (Lipinski definition) is 15. The molecule has 5 bridgehead atoms. The van der Waals surface area contributed by atoms with Crippen molar-refractivity contribution in [2.75, 3.05) is 45.7 Å². The topological polar surface area (TPSA) is 240 Å². The smallest absolute Gasteiger partial charge is 0.312 e. The first-order valence-corrected chi connectivity index (χ1v) is 20.0. The SMILES string of the molecule is CO[C@H]1/C=C/O[C@@]2(C)Oc3c(C)c(O)c4c(O)c(c(C=NN5CC[N+](C)([O-])CC5)c(O)c4c3C2=O)NC(=O)/C(C)=C/C=C/[C@H](C)[C@H](O)[C@@H](C)[C@@H](O)[C@@H](C)[C@H](OC(C)=O)[C@@H]1C. The number of phenolic OH excluding ortho intramolecular Hbond substituents is 3. The number of benzene rings is 2. The van der Waals surface area contributed by atoms with Crippen molar-refractivity contribution in [1.82, 2.24) is 5.01 Å². The second-order valence-corrected chi connectivity index (χ2v) is 16.6. The highest BCUT2D eigenvalue weighted by Gasteiger charge is 2.50. The first kappa shape index (κ1) is 45.9. The average Bonchev–Trinajstić information content (AvgIpc) is 3.46. The molecule has 17 heteroatoms. The number of piperazine rings is 1. The van der Waals surface area contributed by atoms with Gasteiger partial charge in [-0.15, -0.1) is 0 Å². The van der Waals surface area contributed by atoms with Crippen LogP contribution >= 0.6 is 0 Å². The molecule has 4 aliphatic rings. The minimum absolute atomic E-state index is 0.0279. The molecule has 0 saturated carbocycles. The molecule has 0 unspecified atom stereocenters. The molecule has 60 heavy (non-hydrogen) atoms. The van der Waals surface area contributed by atoms with Crippen molar-refractivity contribution in [2.24, 2.45) is 28.8 Å². The highest BCUT2D eigenvalue weighted by molar-refractivity contribution is 6.23. The number of aliphatic hydroxyl groups excluding tert-OH is 2. The van der Waals surface area contributed by atoms with Gasteiger partial charge in [0.15, 0.2) is 5.75 Å². The van der Waals surface area contributed by atoms with Crippen LogP contribution in [0, 0.1) is 35.8 Å². The number of amides is 1. The van der Waals surface area contributed by atoms with E-state index in [0.29, 0.717) is 0 Å². The van der Waals surface area contributed by atoms with Gasteiger partial charge < -0.3 is 59.7 Å². The number of aromatic hydroxyl groups is 3. The Morgan fingerprint density at radius 1 is 1.00 bits per heavy atom. The second-order valence-electron chi connectivity index (χ2n) is 16.6. The van der Waals surface area contributed by atoms with E-state index in [1.807, 2.05) is 0 Å². The molecule has 2 aromatic carbocycles. The molecule has 0 radical (unpaired) electrons. The van der Waals surface area contributed by atoms with E-state index in [-0.39, 0.29) is 70.7 Å². The largest absolute Gasteiger partial charge is 0.633 e. The molecule has 1 fully saturated rings. The predicted octanol–water partition coefficient (Wildman–Crippen LogP) is 4.35. The van der Waals surface area contributed by atoms with E-state index >= 15 is 0 Å². The number of nitrogens with zero attached hydrogens (tertiary/aromatic N) is 3. The summed E-state index contributed by atoms with van der Waals surface area (Å²) in [6.45, 7) is 13.4. The molecule has 0 aromatic heterocycles. The lowest BCUT2D eigenvalue weighted by Crippen LogP contribution is -2.52. The number of quaternary nitrogens is 1. The van der Waals surface area contributed by atoms with Crippen molar-refractivity contribution in [3.8, 4) is 23.0 Å². The van der Waals surface area contributed by atoms with Gasteiger partial charge in [0.25, 0.3) is 11.7 Å². The number of hydroxylamine groups is 3. The van der Waals surface area contributed by atoms with Crippen LogP contribution in [0.3, 0.4) is 0 Å². The Bertz CT molecular complexity index is 2120. The van der Waals surface area contributed by atoms with Gasteiger partial charge in [-0.3, -0.25) is 19.4 Å². The Balaban J connectivity index is 1.70. The summed E-state index contributed by atoms with van der Waals surface area (Å²) >= 11 is 0. The number of phenols is 3. The number of methoxy groups -OCH3 is 1. The van der Waals surface area contributed by atoms with Crippen LogP contribution in [0.25, 0.3) is 10.8 Å². The molecule has 328 valence electrons. The molecule has 4 heterocycles. The van der Waals surface area contributed by atoms with E-state index in [1.54, 1.807) is 51.9 Å². The lowest BCUT2D eigenvalue weighted by atomic mass is 9.78. The maximum Gasteiger partial charge on any atom is 0.312 e. The average molecular weight is 839 g/mol. The number of allylic oxidation sites excluding steroid dienone is 2. The minimum Gasteiger partial charge on any atom is -0.633 e. The van der Waals surface area contributed by atoms with E-state index in [9.17, 15) is 45.1 Å². The summed E-state index contributed by atoms with van der Waals surface area (Å²) in [6.07, 6.45) is 4.60. The lowest BCUT2D eigenvalue weighted by Gasteiger charge is -2.44. The van der Waals surface area contributed by atoms with Crippen molar-refractivity contribution >= 4 is 40.3 Å². The second kappa shape index (κ2) is 17.8. The van der Waals surface area contributed by atoms with Crippen LogP contribution in [0.5, 0.6) is 23.0 Å². The Morgan fingerprint density at radius 2 is 1.65 bits per heavy atom. The number of ether oxygens (including phenoxy) is 4. The molecular formula is C43H58N4O13. The number of nitrogens with one attached hydrogen (secondary N) is 1. The number of Topliss-reactive ketones (excluding diaryl/α,β-unsaturated/α-hetero) is 1. The quantitative estimate of drug-likeness (QED) is 0.0627. The molecule has 0 spiro atoms. The van der Waals surface area contributed by atoms with Crippen molar-refractivity contribution < 1.29 is 63.5 Å². The fourth-order valence-corrected chi connectivity index (χ4v) is 8.00. The van der Waals surface area contributed by atoms with Gasteiger partial charge in [0, 0.05) is 61.2 Å². The van der Waals surface area contributed by atoms with E-state index in [4.69, 9.17) is 18.9 Å². The van der Waals surface area contributed by atoms with Crippen LogP contribution in [-0.2, 0) is 23.8 Å². The molecule has 1 amide bonds. The number of ketones is 1. The fourth-order valence-electron chi connectivity index (χ4n) is 8.00. The van der Waals surface area contributed by atoms with E-state index in [1.165, 1.54) is 59.4 Å². The third-order valence-electron chi connectivity index (χ3n) is 12.0. The van der Waals surface area contributed by atoms with Crippen LogP contribution in [0.2, 0.25) is 0 Å². The summed E-state index contributed by atoms with van der Waals surface area (Å²) < 4.78 is 23.1. The van der Waals surface area contributed by atoms with Gasteiger partial charge >= 0.3 is 11.8 Å². The Morgan fingerprint density at radius 3 is 2.27 bits per heavy atom. The molecule has 0 aliphatic carbocycles. The van der Waals surface area contributed by atoms with Crippen molar-refractivity contribution in [1.29, 1.82) is 0 Å². The molecular weight excluding hydrogens is 780 g/mol. The zero-order chi connectivity index (χ0) is 44.6. The Hall–Kier alpha value is -5.20. The fraction of sp³-hybridized carbons (Fsp3) is 0.535. The van der Waals surface area contributed by atoms with Gasteiger partial charge in [-0.25, -0.2) is 0 Å². The van der Waals surface area contributed by atoms with Crippen LogP contribution in [0.1, 0.15) is 70.0 Å². The standard InChI is InChI=1S/C43H58N4O13/c1-21-12-11-13-22(2)42(55)45-33-28(20-44-46-15-17-47(9,56)18-16-46)37(52)30-31(38(33)53)36(51)26(6)40-32(30)41(54)43(8,60-40)58-19-14-29(57-10)23(3)39(59-27(7)48)25(5)35(50)24(4)34(21)49/h11-14,19-21,23-25,29,34-35,39,49-53H,15-18H2,1-10H3,(H,45,55)/b12-11+,19-14+,22-13+,44-20?/t21-,23+,24+,25+,29-,34-,35+,39+,43-/m0/s1. The maximum absolute atomic E-state index is 14.4. The van der Waals surface area contributed by atoms with Gasteiger partial charge in [0.1, 0.15) is 23.4 Å². The van der Waals surface area contributed by atoms with Crippen LogP contribution < -0.4 is 10.1 Å². The van der Waals surface area contributed by atoms with Gasteiger partial charge in [0.05, 0.1) is 86.2 Å². The van der Waals surface area contributed by atoms with E-state index in [2.05, 4.69) is 10.4 Å². The number of rotatable bonds is 4. The number of fused-ring (bicyclic) bond motifs is 14. The Kier molecular flexibility index (Phi) is 13.6. The van der Waals surface area contributed by atoms with Crippen molar-refractivity contribution in [3.05, 3.63) is 58.0 Å². The van der Waals surface area contributed by atoms with E-state index in [0.717, 1.165) is 0 Å². The van der Waals surface area contributed by atoms with Crippen molar-refractivity contribution in [2.45, 2.75) is 85.6 Å². The molecule has 9 atom stereocenters. The third-order valence-corrected chi connectivity index (χ3v) is 12.0. The normalized spacial score (nSPS) is 32.3. The molecule has 17 nitrogen and oxygen atoms in total. The van der Waals surface area contributed by atoms with Crippen LogP contribution in [-0.4, -0.2) is 130 Å². The third kappa shape index (κ3) is 8.95. The van der Waals surface area contributed by atoms with Gasteiger partial charge in [0.2, 0.25) is 0 Å². The summed E-state index contributed by atoms with van der Waals surface area (Å²) in [5.74, 6) is -8.69. The van der Waals surface area contributed by atoms with E-state index < -0.39 is 93.4 Å². The zero-order valence-electron chi connectivity index (χ0n) is 35.8. The maximum atomic E-state index is 14.4. The van der Waals surface area contributed by atoms with Gasteiger partial charge in [-0.1, -0.05) is 45.9 Å². The lowest BCUT2D eigenvalue weighted by molar-refractivity contribution is -0.865. The van der Waals surface area contributed by atoms with Gasteiger partial charge in [-0.2, -0.15) is 5.10 Å². The number of esters is 1. The first-order chi connectivity index (χ1) is 28.0.